The van der Waals surface area contributed by atoms with Gasteiger partial charge in [-0.05, 0) is 36.6 Å². The number of halogens is 2. The van der Waals surface area contributed by atoms with Crippen LogP contribution < -0.4 is 5.32 Å². The lowest BCUT2D eigenvalue weighted by Crippen LogP contribution is -2.36. The summed E-state index contributed by atoms with van der Waals surface area (Å²) in [6.07, 6.45) is 0.895. The maximum absolute atomic E-state index is 11.7. The quantitative estimate of drug-likeness (QED) is 0.843. The third-order valence-electron chi connectivity index (χ3n) is 2.68. The number of nitrogens with one attached hydrogen (secondary N) is 1. The maximum atomic E-state index is 11.7. The molecule has 1 heterocycles. The highest BCUT2D eigenvalue weighted by Gasteiger charge is 2.26. The Kier molecular flexibility index (Phi) is 5.25. The van der Waals surface area contributed by atoms with E-state index in [0.29, 0.717) is 11.6 Å². The molecule has 1 aliphatic rings. The summed E-state index contributed by atoms with van der Waals surface area (Å²) in [6, 6.07) is 5.27. The Labute approximate surface area is 112 Å². The summed E-state index contributed by atoms with van der Waals surface area (Å²) in [5.41, 5.74) is 2.11. The third kappa shape index (κ3) is 3.12. The minimum atomic E-state index is -0.346. The van der Waals surface area contributed by atoms with E-state index in [2.05, 4.69) is 5.32 Å². The summed E-state index contributed by atoms with van der Waals surface area (Å²) in [5.74, 6) is -0.217. The lowest BCUT2D eigenvalue weighted by atomic mass is 9.94. The molecule has 1 aromatic carbocycles. The molecule has 0 saturated heterocycles. The van der Waals surface area contributed by atoms with Crippen molar-refractivity contribution < 1.29 is 9.53 Å². The van der Waals surface area contributed by atoms with Crippen molar-refractivity contribution in [3.63, 3.8) is 0 Å². The fraction of sp³-hybridized carbons (Fsp3) is 0.417. The van der Waals surface area contributed by atoms with Gasteiger partial charge < -0.3 is 10.1 Å². The predicted molar refractivity (Wildman–Crippen MR) is 69.8 cm³/mol. The molecule has 0 bridgehead atoms. The minimum Gasteiger partial charge on any atom is -0.465 e. The molecule has 1 N–H and O–H groups in total. The van der Waals surface area contributed by atoms with E-state index in [1.54, 1.807) is 6.07 Å². The van der Waals surface area contributed by atoms with Crippen LogP contribution in [-0.2, 0) is 16.0 Å². The number of rotatable bonds is 2. The van der Waals surface area contributed by atoms with Gasteiger partial charge in [-0.1, -0.05) is 17.7 Å². The zero-order valence-electron chi connectivity index (χ0n) is 9.53. The van der Waals surface area contributed by atoms with Crippen molar-refractivity contribution in [1.29, 1.82) is 0 Å². The third-order valence-corrected chi connectivity index (χ3v) is 2.92. The van der Waals surface area contributed by atoms with Crippen LogP contribution >= 0.6 is 24.0 Å². The van der Waals surface area contributed by atoms with Gasteiger partial charge in [0.1, 0.15) is 6.04 Å². The molecule has 1 atom stereocenters. The van der Waals surface area contributed by atoms with Gasteiger partial charge in [0.25, 0.3) is 0 Å². The van der Waals surface area contributed by atoms with Crippen LogP contribution in [0.5, 0.6) is 0 Å². The molecule has 0 aliphatic carbocycles. The molecule has 5 heteroatoms. The van der Waals surface area contributed by atoms with Crippen LogP contribution in [0.4, 0.5) is 0 Å². The summed E-state index contributed by atoms with van der Waals surface area (Å²) < 4.78 is 5.03. The molecular formula is C12H15Cl2NO2. The number of hydrogen-bond donors (Lipinski definition) is 1. The Bertz CT molecular complexity index is 409. The van der Waals surface area contributed by atoms with Crippen LogP contribution in [-0.4, -0.2) is 19.1 Å². The summed E-state index contributed by atoms with van der Waals surface area (Å²) in [7, 11) is 0. The molecule has 0 spiro atoms. The highest BCUT2D eigenvalue weighted by Crippen LogP contribution is 2.26. The molecule has 0 radical (unpaired) electrons. The first-order valence-corrected chi connectivity index (χ1v) is 5.78. The molecule has 94 valence electrons. The summed E-state index contributed by atoms with van der Waals surface area (Å²) >= 11 is 5.93. The van der Waals surface area contributed by atoms with Gasteiger partial charge in [-0.3, -0.25) is 0 Å². The minimum absolute atomic E-state index is 0. The zero-order valence-corrected chi connectivity index (χ0v) is 11.1. The molecular weight excluding hydrogens is 261 g/mol. The monoisotopic (exact) mass is 275 g/mol. The number of fused-ring (bicyclic) bond motifs is 1. The van der Waals surface area contributed by atoms with Crippen LogP contribution in [0.3, 0.4) is 0 Å². The van der Waals surface area contributed by atoms with E-state index < -0.39 is 0 Å². The van der Waals surface area contributed by atoms with Crippen LogP contribution in [0.25, 0.3) is 0 Å². The Morgan fingerprint density at radius 2 is 2.35 bits per heavy atom. The van der Waals surface area contributed by atoms with Crippen molar-refractivity contribution in [2.24, 2.45) is 0 Å². The maximum Gasteiger partial charge on any atom is 0.327 e. The van der Waals surface area contributed by atoms with E-state index in [1.165, 1.54) is 0 Å². The summed E-state index contributed by atoms with van der Waals surface area (Å²) in [5, 5.41) is 3.87. The molecule has 0 fully saturated rings. The first kappa shape index (κ1) is 14.3. The van der Waals surface area contributed by atoms with E-state index in [-0.39, 0.29) is 24.4 Å². The first-order valence-electron chi connectivity index (χ1n) is 5.40. The fourth-order valence-corrected chi connectivity index (χ4v) is 2.16. The molecule has 1 unspecified atom stereocenters. The number of carbonyl (C=O) groups is 1. The van der Waals surface area contributed by atoms with Crippen LogP contribution in [0.1, 0.15) is 24.1 Å². The van der Waals surface area contributed by atoms with Crippen molar-refractivity contribution >= 4 is 30.0 Å². The average molecular weight is 276 g/mol. The Hall–Kier alpha value is -0.770. The van der Waals surface area contributed by atoms with Gasteiger partial charge >= 0.3 is 5.97 Å². The number of hydrogen-bond acceptors (Lipinski definition) is 3. The largest absolute Gasteiger partial charge is 0.465 e. The van der Waals surface area contributed by atoms with Gasteiger partial charge in [0.05, 0.1) is 6.61 Å². The SMILES string of the molecule is CCOC(=O)C1NCCc2cc(Cl)ccc21.Cl. The zero-order chi connectivity index (χ0) is 11.5. The van der Waals surface area contributed by atoms with E-state index in [0.717, 1.165) is 24.1 Å². The molecule has 3 nitrogen and oxygen atoms in total. The Morgan fingerprint density at radius 1 is 1.59 bits per heavy atom. The molecule has 1 aromatic rings. The molecule has 17 heavy (non-hydrogen) atoms. The molecule has 0 aromatic heterocycles. The van der Waals surface area contributed by atoms with E-state index in [4.69, 9.17) is 16.3 Å². The van der Waals surface area contributed by atoms with E-state index in [1.807, 2.05) is 19.1 Å². The normalized spacial score (nSPS) is 17.9. The topological polar surface area (TPSA) is 38.3 Å². The van der Waals surface area contributed by atoms with Gasteiger partial charge in [0.2, 0.25) is 0 Å². The van der Waals surface area contributed by atoms with Gasteiger partial charge in [-0.15, -0.1) is 12.4 Å². The second kappa shape index (κ2) is 6.24. The number of ether oxygens (including phenoxy) is 1. The van der Waals surface area contributed by atoms with Gasteiger partial charge in [-0.2, -0.15) is 0 Å². The lowest BCUT2D eigenvalue weighted by Gasteiger charge is -2.25. The molecule has 0 saturated carbocycles. The average Bonchev–Trinajstić information content (AvgIpc) is 2.28. The number of carbonyl (C=O) groups excluding carboxylic acids is 1. The van der Waals surface area contributed by atoms with Crippen LogP contribution in [0.2, 0.25) is 5.02 Å². The van der Waals surface area contributed by atoms with Crippen molar-refractivity contribution in [3.8, 4) is 0 Å². The number of esters is 1. The Balaban J connectivity index is 0.00000144. The summed E-state index contributed by atoms with van der Waals surface area (Å²) in [4.78, 5) is 11.7. The summed E-state index contributed by atoms with van der Waals surface area (Å²) in [6.45, 7) is 2.99. The standard InChI is InChI=1S/C12H14ClNO2.ClH/c1-2-16-12(15)11-10-4-3-9(13)7-8(10)5-6-14-11;/h3-4,7,11,14H,2,5-6H2,1H3;1H. The van der Waals surface area contributed by atoms with Crippen LogP contribution in [0.15, 0.2) is 18.2 Å². The van der Waals surface area contributed by atoms with Gasteiger partial charge in [-0.25, -0.2) is 4.79 Å². The highest BCUT2D eigenvalue weighted by molar-refractivity contribution is 6.30. The molecule has 1 aliphatic heterocycles. The number of benzene rings is 1. The smallest absolute Gasteiger partial charge is 0.327 e. The molecule has 2 rings (SSSR count). The fourth-order valence-electron chi connectivity index (χ4n) is 1.97. The van der Waals surface area contributed by atoms with E-state index in [9.17, 15) is 4.79 Å². The van der Waals surface area contributed by atoms with Crippen LogP contribution in [0, 0.1) is 0 Å². The molecule has 0 amide bonds. The van der Waals surface area contributed by atoms with E-state index >= 15 is 0 Å². The van der Waals surface area contributed by atoms with Crippen molar-refractivity contribution in [2.75, 3.05) is 13.2 Å². The van der Waals surface area contributed by atoms with Gasteiger partial charge in [0, 0.05) is 11.6 Å². The lowest BCUT2D eigenvalue weighted by molar-refractivity contribution is -0.146. The van der Waals surface area contributed by atoms with Crippen molar-refractivity contribution in [2.45, 2.75) is 19.4 Å². The predicted octanol–water partition coefficient (Wildman–Crippen LogP) is 2.51. The van der Waals surface area contributed by atoms with Crippen molar-refractivity contribution in [1.82, 2.24) is 5.32 Å². The highest BCUT2D eigenvalue weighted by atomic mass is 35.5. The van der Waals surface area contributed by atoms with Gasteiger partial charge in [0.15, 0.2) is 0 Å². The van der Waals surface area contributed by atoms with Crippen molar-refractivity contribution in [3.05, 3.63) is 34.3 Å². The Morgan fingerprint density at radius 3 is 3.06 bits per heavy atom. The second-order valence-electron chi connectivity index (χ2n) is 3.73. The second-order valence-corrected chi connectivity index (χ2v) is 4.17. The first-order chi connectivity index (χ1) is 7.72.